The predicted octanol–water partition coefficient (Wildman–Crippen LogP) is 3.62. The minimum absolute atomic E-state index is 0.0230. The number of hydrogen-bond acceptors (Lipinski definition) is 5. The molecule has 1 aromatic heterocycles. The number of amides is 2. The van der Waals surface area contributed by atoms with E-state index in [1.165, 1.54) is 17.6 Å². The average molecular weight is 435 g/mol. The van der Waals surface area contributed by atoms with Crippen LogP contribution in [0, 0.1) is 0 Å². The molecule has 1 aliphatic heterocycles. The van der Waals surface area contributed by atoms with Crippen LogP contribution >= 0.6 is 23.2 Å². The number of aromatic nitrogens is 1. The molecule has 1 saturated heterocycles. The Bertz CT molecular complexity index is 928. The lowest BCUT2D eigenvalue weighted by atomic mass is 10.0. The molecule has 0 radical (unpaired) electrons. The summed E-state index contributed by atoms with van der Waals surface area (Å²) in [5, 5.41) is 12.8. The number of hydroxylamine groups is 1. The maximum absolute atomic E-state index is 12.6. The Labute approximate surface area is 178 Å². The first-order chi connectivity index (χ1) is 14.0. The number of likely N-dealkylation sites (tertiary alicyclic amines) is 1. The van der Waals surface area contributed by atoms with Gasteiger partial charge in [-0.15, -0.1) is 0 Å². The normalized spacial score (nSPS) is 14.8. The number of pyridine rings is 1. The first-order valence-corrected chi connectivity index (χ1v) is 9.81. The van der Waals surface area contributed by atoms with Crippen molar-refractivity contribution >= 4 is 46.9 Å². The second-order valence-electron chi connectivity index (χ2n) is 6.63. The largest absolute Gasteiger partial charge is 0.366 e. The third-order valence-corrected chi connectivity index (χ3v) is 5.12. The molecule has 0 atom stereocenters. The number of nitrogens with one attached hydrogen (secondary N) is 2. The quantitative estimate of drug-likeness (QED) is 0.379. The molecular weight excluding hydrogens is 415 g/mol. The molecule has 2 aromatic rings. The zero-order valence-electron chi connectivity index (χ0n) is 15.4. The fraction of sp³-hybridized carbons (Fsp3) is 0.250. The van der Waals surface area contributed by atoms with Crippen LogP contribution in [0.25, 0.3) is 6.08 Å². The van der Waals surface area contributed by atoms with Crippen LogP contribution in [0.15, 0.2) is 42.6 Å². The van der Waals surface area contributed by atoms with E-state index < -0.39 is 5.91 Å². The molecule has 1 aromatic carbocycles. The van der Waals surface area contributed by atoms with Crippen LogP contribution in [-0.4, -0.2) is 46.0 Å². The van der Waals surface area contributed by atoms with Crippen molar-refractivity contribution < 1.29 is 14.8 Å². The molecule has 3 N–H and O–H groups in total. The van der Waals surface area contributed by atoms with Gasteiger partial charge in [-0.2, -0.15) is 0 Å². The van der Waals surface area contributed by atoms with Gasteiger partial charge in [-0.1, -0.05) is 29.3 Å². The summed E-state index contributed by atoms with van der Waals surface area (Å²) in [7, 11) is 0. The van der Waals surface area contributed by atoms with E-state index in [1.807, 2.05) is 4.90 Å². The molecule has 3 rings (SSSR count). The average Bonchev–Trinajstić information content (AvgIpc) is 2.73. The van der Waals surface area contributed by atoms with Gasteiger partial charge in [-0.25, -0.2) is 10.5 Å². The fourth-order valence-corrected chi connectivity index (χ4v) is 3.50. The topological polar surface area (TPSA) is 94.6 Å². The number of carbonyl (C=O) groups is 2. The second-order valence-corrected chi connectivity index (χ2v) is 7.47. The number of halogens is 2. The van der Waals surface area contributed by atoms with Crippen LogP contribution in [0.4, 0.5) is 5.82 Å². The Morgan fingerprint density at radius 1 is 1.21 bits per heavy atom. The van der Waals surface area contributed by atoms with Gasteiger partial charge < -0.3 is 10.2 Å². The van der Waals surface area contributed by atoms with Gasteiger partial charge in [0.1, 0.15) is 5.82 Å². The van der Waals surface area contributed by atoms with Gasteiger partial charge in [0, 0.05) is 42.0 Å². The van der Waals surface area contributed by atoms with Crippen molar-refractivity contribution in [1.82, 2.24) is 15.4 Å². The summed E-state index contributed by atoms with van der Waals surface area (Å²) in [6, 6.07) is 8.78. The van der Waals surface area contributed by atoms with Crippen molar-refractivity contribution in [3.63, 3.8) is 0 Å². The number of carbonyl (C=O) groups excluding carboxylic acids is 2. The number of piperidine rings is 1. The molecule has 29 heavy (non-hydrogen) atoms. The Hall–Kier alpha value is -2.61. The molecule has 0 bridgehead atoms. The second kappa shape index (κ2) is 9.73. The van der Waals surface area contributed by atoms with Crippen LogP contribution in [0.5, 0.6) is 0 Å². The number of nitrogens with zero attached hydrogens (tertiary/aromatic N) is 2. The van der Waals surface area contributed by atoms with Crippen LogP contribution in [0.1, 0.15) is 28.8 Å². The third kappa shape index (κ3) is 5.69. The van der Waals surface area contributed by atoms with Gasteiger partial charge in [0.25, 0.3) is 11.8 Å². The van der Waals surface area contributed by atoms with Crippen molar-refractivity contribution in [1.29, 1.82) is 0 Å². The molecule has 0 saturated carbocycles. The first-order valence-electron chi connectivity index (χ1n) is 9.05. The van der Waals surface area contributed by atoms with Crippen LogP contribution < -0.4 is 10.8 Å². The van der Waals surface area contributed by atoms with Crippen molar-refractivity contribution in [2.45, 2.75) is 18.9 Å². The van der Waals surface area contributed by atoms with Gasteiger partial charge in [0.15, 0.2) is 0 Å². The highest BCUT2D eigenvalue weighted by molar-refractivity contribution is 6.33. The minimum atomic E-state index is -0.637. The standard InChI is InChI=1S/C20H20Cl2N4O3/c21-15-3-1-2-14(11-15)20(28)26-8-6-16(7-9-26)24-19-17(22)10-13(12-23-19)4-5-18(27)25-29/h1-5,10-12,16,29H,6-9H2,(H,23,24)(H,25,27)/b5-4+. The lowest BCUT2D eigenvalue weighted by Gasteiger charge is -2.33. The third-order valence-electron chi connectivity index (χ3n) is 4.59. The molecule has 2 heterocycles. The summed E-state index contributed by atoms with van der Waals surface area (Å²) < 4.78 is 0. The molecule has 7 nitrogen and oxygen atoms in total. The first kappa shape index (κ1) is 21.1. The zero-order chi connectivity index (χ0) is 20.8. The zero-order valence-corrected chi connectivity index (χ0v) is 17.0. The van der Waals surface area contributed by atoms with Crippen molar-refractivity contribution in [2.24, 2.45) is 0 Å². The van der Waals surface area contributed by atoms with E-state index in [9.17, 15) is 9.59 Å². The minimum Gasteiger partial charge on any atom is -0.366 e. The summed E-state index contributed by atoms with van der Waals surface area (Å²) in [5.41, 5.74) is 2.73. The molecular formula is C20H20Cl2N4O3. The van der Waals surface area contributed by atoms with Gasteiger partial charge in [-0.05, 0) is 48.7 Å². The lowest BCUT2D eigenvalue weighted by molar-refractivity contribution is -0.124. The molecule has 152 valence electrons. The molecule has 9 heteroatoms. The van der Waals surface area contributed by atoms with E-state index in [-0.39, 0.29) is 11.9 Å². The molecule has 0 aliphatic carbocycles. The predicted molar refractivity (Wildman–Crippen MR) is 112 cm³/mol. The van der Waals surface area contributed by atoms with E-state index in [0.29, 0.717) is 40.1 Å². The van der Waals surface area contributed by atoms with Gasteiger partial charge in [0.05, 0.1) is 5.02 Å². The summed E-state index contributed by atoms with van der Waals surface area (Å²) in [6.45, 7) is 1.25. The maximum atomic E-state index is 12.6. The SMILES string of the molecule is O=C(/C=C/c1cnc(NC2CCN(C(=O)c3cccc(Cl)c3)CC2)c(Cl)c1)NO. The van der Waals surface area contributed by atoms with Crippen molar-refractivity contribution in [3.8, 4) is 0 Å². The van der Waals surface area contributed by atoms with E-state index in [2.05, 4.69) is 10.3 Å². The van der Waals surface area contributed by atoms with E-state index in [1.54, 1.807) is 36.5 Å². The molecule has 1 fully saturated rings. The van der Waals surface area contributed by atoms with Gasteiger partial charge in [-0.3, -0.25) is 14.8 Å². The Morgan fingerprint density at radius 3 is 2.62 bits per heavy atom. The van der Waals surface area contributed by atoms with Crippen LogP contribution in [0.3, 0.4) is 0 Å². The molecule has 1 aliphatic rings. The van der Waals surface area contributed by atoms with Crippen LogP contribution in [0.2, 0.25) is 10.0 Å². The van der Waals surface area contributed by atoms with Gasteiger partial charge in [0.2, 0.25) is 0 Å². The molecule has 0 spiro atoms. The monoisotopic (exact) mass is 434 g/mol. The highest BCUT2D eigenvalue weighted by atomic mass is 35.5. The number of benzene rings is 1. The van der Waals surface area contributed by atoms with Crippen molar-refractivity contribution in [2.75, 3.05) is 18.4 Å². The molecule has 0 unspecified atom stereocenters. The highest BCUT2D eigenvalue weighted by Gasteiger charge is 2.24. The summed E-state index contributed by atoms with van der Waals surface area (Å²) in [5.74, 6) is -0.109. The summed E-state index contributed by atoms with van der Waals surface area (Å²) in [4.78, 5) is 29.8. The Kier molecular flexibility index (Phi) is 7.09. The van der Waals surface area contributed by atoms with E-state index in [0.717, 1.165) is 12.8 Å². The van der Waals surface area contributed by atoms with Gasteiger partial charge >= 0.3 is 0 Å². The maximum Gasteiger partial charge on any atom is 0.267 e. The summed E-state index contributed by atoms with van der Waals surface area (Å²) in [6.07, 6.45) is 5.78. The number of hydrogen-bond donors (Lipinski definition) is 3. The fourth-order valence-electron chi connectivity index (χ4n) is 3.08. The Morgan fingerprint density at radius 2 is 1.97 bits per heavy atom. The molecule has 2 amide bonds. The smallest absolute Gasteiger partial charge is 0.267 e. The highest BCUT2D eigenvalue weighted by Crippen LogP contribution is 2.24. The summed E-state index contributed by atoms with van der Waals surface area (Å²) >= 11 is 12.3. The Balaban J connectivity index is 1.56. The number of rotatable bonds is 5. The van der Waals surface area contributed by atoms with E-state index in [4.69, 9.17) is 28.4 Å². The van der Waals surface area contributed by atoms with Crippen molar-refractivity contribution in [3.05, 3.63) is 63.8 Å². The lowest BCUT2D eigenvalue weighted by Crippen LogP contribution is -2.42. The van der Waals surface area contributed by atoms with E-state index >= 15 is 0 Å². The number of anilines is 1. The van der Waals surface area contributed by atoms with Crippen LogP contribution in [-0.2, 0) is 4.79 Å².